The van der Waals surface area contributed by atoms with E-state index in [-0.39, 0.29) is 11.5 Å². The molecule has 0 radical (unpaired) electrons. The highest BCUT2D eigenvalue weighted by atomic mass is 35.5. The Morgan fingerprint density at radius 1 is 1.14 bits per heavy atom. The summed E-state index contributed by atoms with van der Waals surface area (Å²) in [6.45, 7) is 3.46. The molecule has 0 unspecified atom stereocenters. The Labute approximate surface area is 123 Å². The molecule has 2 heterocycles. The van der Waals surface area contributed by atoms with Crippen LogP contribution in [0.5, 0.6) is 11.5 Å². The molecule has 1 aromatic carbocycles. The van der Waals surface area contributed by atoms with Crippen LogP contribution in [0.15, 0.2) is 18.2 Å². The molecule has 8 heteroatoms. The Hall–Kier alpha value is -2.15. The molecule has 0 saturated carbocycles. The van der Waals surface area contributed by atoms with Gasteiger partial charge < -0.3 is 14.8 Å². The highest BCUT2D eigenvalue weighted by Crippen LogP contribution is 2.42. The van der Waals surface area contributed by atoms with Crippen molar-refractivity contribution in [2.75, 3.05) is 5.32 Å². The number of anilines is 2. The molecule has 0 fully saturated rings. The summed E-state index contributed by atoms with van der Waals surface area (Å²) >= 11 is 5.98. The number of nitrogens with zero attached hydrogens (tertiary/aromatic N) is 2. The molecule has 5 nitrogen and oxygen atoms in total. The number of aromatic nitrogens is 2. The molecule has 0 amide bonds. The lowest BCUT2D eigenvalue weighted by Gasteiger charge is -2.10. The van der Waals surface area contributed by atoms with E-state index in [1.807, 2.05) is 0 Å². The fourth-order valence-corrected chi connectivity index (χ4v) is 2.09. The van der Waals surface area contributed by atoms with Crippen LogP contribution in [-0.2, 0) is 0 Å². The van der Waals surface area contributed by atoms with E-state index >= 15 is 0 Å². The van der Waals surface area contributed by atoms with E-state index in [4.69, 9.17) is 11.6 Å². The summed E-state index contributed by atoms with van der Waals surface area (Å²) in [4.78, 5) is 8.25. The number of hydrogen-bond acceptors (Lipinski definition) is 5. The molecule has 1 aromatic heterocycles. The van der Waals surface area contributed by atoms with Crippen molar-refractivity contribution in [2.24, 2.45) is 0 Å². The van der Waals surface area contributed by atoms with Crippen LogP contribution in [0, 0.1) is 13.8 Å². The molecule has 0 bridgehead atoms. The number of aryl methyl sites for hydroxylation is 1. The third-order valence-corrected chi connectivity index (χ3v) is 3.23. The van der Waals surface area contributed by atoms with Crippen LogP contribution < -0.4 is 14.8 Å². The minimum absolute atomic E-state index is 0.0147. The highest BCUT2D eigenvalue weighted by Gasteiger charge is 2.43. The van der Waals surface area contributed by atoms with Gasteiger partial charge >= 0.3 is 6.29 Å². The van der Waals surface area contributed by atoms with Crippen LogP contribution in [0.4, 0.5) is 20.3 Å². The number of hydrogen-bond donors (Lipinski definition) is 1. The third-order valence-electron chi connectivity index (χ3n) is 2.86. The Morgan fingerprint density at radius 2 is 1.86 bits per heavy atom. The van der Waals surface area contributed by atoms with Crippen LogP contribution in [0.2, 0.25) is 5.15 Å². The van der Waals surface area contributed by atoms with Crippen molar-refractivity contribution in [2.45, 2.75) is 20.1 Å². The lowest BCUT2D eigenvalue weighted by atomic mass is 10.2. The number of ether oxygens (including phenoxy) is 2. The fourth-order valence-electron chi connectivity index (χ4n) is 1.88. The first-order valence-corrected chi connectivity index (χ1v) is 6.39. The predicted molar refractivity (Wildman–Crippen MR) is 72.4 cm³/mol. The SMILES string of the molecule is Cc1nc(Cl)c(C)c(Nc2ccc3c(c2)OC(F)(F)O3)n1. The lowest BCUT2D eigenvalue weighted by molar-refractivity contribution is -0.286. The number of nitrogens with one attached hydrogen (secondary N) is 1. The van der Waals surface area contributed by atoms with Crippen molar-refractivity contribution < 1.29 is 18.3 Å². The summed E-state index contributed by atoms with van der Waals surface area (Å²) in [5.41, 5.74) is 1.18. The van der Waals surface area contributed by atoms with Crippen LogP contribution in [0.25, 0.3) is 0 Å². The van der Waals surface area contributed by atoms with Crippen LogP contribution in [-0.4, -0.2) is 16.3 Å². The molecule has 21 heavy (non-hydrogen) atoms. The Bertz CT molecular complexity index is 725. The van der Waals surface area contributed by atoms with Crippen molar-refractivity contribution in [1.29, 1.82) is 0 Å². The van der Waals surface area contributed by atoms with Crippen molar-refractivity contribution >= 4 is 23.1 Å². The number of benzene rings is 1. The second kappa shape index (κ2) is 4.70. The van der Waals surface area contributed by atoms with E-state index in [1.165, 1.54) is 12.1 Å². The van der Waals surface area contributed by atoms with Crippen LogP contribution in [0.1, 0.15) is 11.4 Å². The molecule has 0 atom stereocenters. The smallest absolute Gasteiger partial charge is 0.395 e. The molecular formula is C13H10ClF2N3O2. The van der Waals surface area contributed by atoms with Crippen molar-refractivity contribution in [3.63, 3.8) is 0 Å². The summed E-state index contributed by atoms with van der Waals surface area (Å²) in [6.07, 6.45) is -3.63. The van der Waals surface area contributed by atoms with Crippen molar-refractivity contribution in [3.05, 3.63) is 34.7 Å². The predicted octanol–water partition coefficient (Wildman–Crippen LogP) is 3.81. The second-order valence-corrected chi connectivity index (χ2v) is 4.85. The van der Waals surface area contributed by atoms with Gasteiger partial charge in [-0.15, -0.1) is 8.78 Å². The van der Waals surface area contributed by atoms with Gasteiger partial charge in [0.05, 0.1) is 0 Å². The first kappa shape index (κ1) is 13.8. The number of alkyl halides is 2. The fraction of sp³-hybridized carbons (Fsp3) is 0.231. The molecular weight excluding hydrogens is 304 g/mol. The van der Waals surface area contributed by atoms with E-state index in [0.29, 0.717) is 28.0 Å². The minimum atomic E-state index is -3.63. The normalized spacial score (nSPS) is 15.1. The summed E-state index contributed by atoms with van der Waals surface area (Å²) in [5.74, 6) is 0.942. The van der Waals surface area contributed by atoms with Gasteiger partial charge in [0.2, 0.25) is 0 Å². The Balaban J connectivity index is 1.91. The van der Waals surface area contributed by atoms with Gasteiger partial charge in [-0.1, -0.05) is 11.6 Å². The summed E-state index contributed by atoms with van der Waals surface area (Å²) in [5, 5.41) is 3.33. The highest BCUT2D eigenvalue weighted by molar-refractivity contribution is 6.30. The number of fused-ring (bicyclic) bond motifs is 1. The van der Waals surface area contributed by atoms with Gasteiger partial charge in [0, 0.05) is 17.3 Å². The van der Waals surface area contributed by atoms with Crippen LogP contribution >= 0.6 is 11.6 Å². The molecule has 2 aromatic rings. The average molecular weight is 314 g/mol. The van der Waals surface area contributed by atoms with Gasteiger partial charge in [-0.3, -0.25) is 0 Å². The largest absolute Gasteiger partial charge is 0.586 e. The number of halogens is 3. The van der Waals surface area contributed by atoms with Gasteiger partial charge in [0.15, 0.2) is 11.5 Å². The topological polar surface area (TPSA) is 56.3 Å². The molecule has 110 valence electrons. The van der Waals surface area contributed by atoms with Gasteiger partial charge in [-0.2, -0.15) is 0 Å². The first-order chi connectivity index (χ1) is 9.84. The second-order valence-electron chi connectivity index (χ2n) is 4.49. The minimum Gasteiger partial charge on any atom is -0.395 e. The maximum atomic E-state index is 13.0. The zero-order valence-corrected chi connectivity index (χ0v) is 11.8. The van der Waals surface area contributed by atoms with Gasteiger partial charge in [0.25, 0.3) is 0 Å². The van der Waals surface area contributed by atoms with Crippen molar-refractivity contribution in [3.8, 4) is 11.5 Å². The van der Waals surface area contributed by atoms with E-state index in [2.05, 4.69) is 24.8 Å². The van der Waals surface area contributed by atoms with E-state index in [9.17, 15) is 8.78 Å². The molecule has 1 aliphatic heterocycles. The summed E-state index contributed by atoms with van der Waals surface area (Å²) in [6, 6.07) is 4.37. The molecule has 0 spiro atoms. The summed E-state index contributed by atoms with van der Waals surface area (Å²) in [7, 11) is 0. The maximum Gasteiger partial charge on any atom is 0.586 e. The zero-order chi connectivity index (χ0) is 15.2. The zero-order valence-electron chi connectivity index (χ0n) is 11.1. The summed E-state index contributed by atoms with van der Waals surface area (Å²) < 4.78 is 34.7. The van der Waals surface area contributed by atoms with E-state index < -0.39 is 6.29 Å². The van der Waals surface area contributed by atoms with Gasteiger partial charge in [-0.05, 0) is 26.0 Å². The van der Waals surface area contributed by atoms with Gasteiger partial charge in [-0.25, -0.2) is 9.97 Å². The standard InChI is InChI=1S/C13H10ClF2N3O2/c1-6-11(14)17-7(2)18-12(6)19-8-3-4-9-10(5-8)21-13(15,16)20-9/h3-5H,1-2H3,(H,17,18,19). The quantitative estimate of drug-likeness (QED) is 0.854. The Kier molecular flexibility index (Phi) is 3.09. The third kappa shape index (κ3) is 2.69. The van der Waals surface area contributed by atoms with Crippen molar-refractivity contribution in [1.82, 2.24) is 9.97 Å². The average Bonchev–Trinajstić information content (AvgIpc) is 2.68. The lowest BCUT2D eigenvalue weighted by Crippen LogP contribution is -2.25. The first-order valence-electron chi connectivity index (χ1n) is 6.02. The molecule has 0 aliphatic carbocycles. The van der Waals surface area contributed by atoms with E-state index in [1.54, 1.807) is 19.9 Å². The van der Waals surface area contributed by atoms with E-state index in [0.717, 1.165) is 0 Å². The van der Waals surface area contributed by atoms with Crippen LogP contribution in [0.3, 0.4) is 0 Å². The number of rotatable bonds is 2. The molecule has 3 rings (SSSR count). The molecule has 1 N–H and O–H groups in total. The Morgan fingerprint density at radius 3 is 2.62 bits per heavy atom. The van der Waals surface area contributed by atoms with Gasteiger partial charge in [0.1, 0.15) is 16.8 Å². The molecule has 1 aliphatic rings. The molecule has 0 saturated heterocycles. The maximum absolute atomic E-state index is 13.0. The monoisotopic (exact) mass is 313 g/mol.